The van der Waals surface area contributed by atoms with E-state index in [4.69, 9.17) is 21.1 Å². The first kappa shape index (κ1) is 22.4. The van der Waals surface area contributed by atoms with Gasteiger partial charge in [0, 0.05) is 5.02 Å². The lowest BCUT2D eigenvalue weighted by Gasteiger charge is -2.16. The van der Waals surface area contributed by atoms with Gasteiger partial charge < -0.3 is 9.47 Å². The summed E-state index contributed by atoms with van der Waals surface area (Å²) in [5, 5.41) is 1.93. The number of rotatable bonds is 6. The van der Waals surface area contributed by atoms with Crippen LogP contribution >= 0.6 is 11.6 Å². The average Bonchev–Trinajstić information content (AvgIpc) is 3.09. The van der Waals surface area contributed by atoms with Crippen LogP contribution in [0.25, 0.3) is 6.08 Å². The Kier molecular flexibility index (Phi) is 6.38. The highest BCUT2D eigenvalue weighted by Crippen LogP contribution is 2.31. The quantitative estimate of drug-likeness (QED) is 0.413. The van der Waals surface area contributed by atoms with E-state index in [0.29, 0.717) is 34.4 Å². The standard InChI is InChI=1S/C26H23ClN2O4/c1-16-4-10-21(12-17(16)2)29-26(31)22(25(30)28-29)13-19-7-11-23(24(14-19)32-3)33-15-18-5-8-20(27)9-6-18/h4-14H,15H2,1-3H3,(H,28,30)/b22-13+. The number of hydrazine groups is 1. The molecular formula is C26H23ClN2O4. The first-order valence-electron chi connectivity index (χ1n) is 10.4. The van der Waals surface area contributed by atoms with Crippen LogP contribution in [0.5, 0.6) is 11.5 Å². The van der Waals surface area contributed by atoms with Crippen molar-refractivity contribution >= 4 is 35.2 Å². The third kappa shape index (κ3) is 4.86. The molecule has 1 aliphatic rings. The molecule has 3 aromatic rings. The first-order valence-corrected chi connectivity index (χ1v) is 10.7. The summed E-state index contributed by atoms with van der Waals surface area (Å²) < 4.78 is 11.3. The largest absolute Gasteiger partial charge is 0.493 e. The summed E-state index contributed by atoms with van der Waals surface area (Å²) in [5.41, 5.74) is 7.04. The monoisotopic (exact) mass is 462 g/mol. The van der Waals surface area contributed by atoms with E-state index in [1.54, 1.807) is 42.5 Å². The van der Waals surface area contributed by atoms with Crippen molar-refractivity contribution in [2.24, 2.45) is 0 Å². The number of carbonyl (C=O) groups is 2. The van der Waals surface area contributed by atoms with Gasteiger partial charge in [0.1, 0.15) is 12.2 Å². The topological polar surface area (TPSA) is 67.9 Å². The lowest BCUT2D eigenvalue weighted by molar-refractivity contribution is -0.117. The molecule has 2 amide bonds. The maximum absolute atomic E-state index is 12.9. The number of methoxy groups -OCH3 is 1. The van der Waals surface area contributed by atoms with Gasteiger partial charge in [-0.1, -0.05) is 35.9 Å². The van der Waals surface area contributed by atoms with Crippen LogP contribution in [0.2, 0.25) is 5.02 Å². The normalized spacial score (nSPS) is 14.5. The van der Waals surface area contributed by atoms with Gasteiger partial charge in [-0.05, 0) is 78.6 Å². The van der Waals surface area contributed by atoms with Crippen molar-refractivity contribution in [3.8, 4) is 11.5 Å². The van der Waals surface area contributed by atoms with Crippen LogP contribution in [0.15, 0.2) is 66.2 Å². The van der Waals surface area contributed by atoms with Crippen molar-refractivity contribution in [3.05, 3.63) is 93.5 Å². The molecule has 0 radical (unpaired) electrons. The molecule has 168 valence electrons. The van der Waals surface area contributed by atoms with Crippen molar-refractivity contribution in [1.82, 2.24) is 5.43 Å². The van der Waals surface area contributed by atoms with Gasteiger partial charge in [0.15, 0.2) is 11.5 Å². The van der Waals surface area contributed by atoms with Gasteiger partial charge >= 0.3 is 0 Å². The number of hydrogen-bond acceptors (Lipinski definition) is 4. The second-order valence-corrected chi connectivity index (χ2v) is 8.17. The molecule has 1 N–H and O–H groups in total. The molecule has 7 heteroatoms. The fraction of sp³-hybridized carbons (Fsp3) is 0.154. The zero-order chi connectivity index (χ0) is 23.5. The molecule has 1 heterocycles. The summed E-state index contributed by atoms with van der Waals surface area (Å²) in [5.74, 6) is 0.175. The molecule has 0 aliphatic carbocycles. The number of amides is 2. The third-order valence-corrected chi connectivity index (χ3v) is 5.70. The molecule has 33 heavy (non-hydrogen) atoms. The van der Waals surface area contributed by atoms with Gasteiger partial charge in [-0.2, -0.15) is 0 Å². The summed E-state index contributed by atoms with van der Waals surface area (Å²) in [4.78, 5) is 25.5. The van der Waals surface area contributed by atoms with Crippen LogP contribution in [0.3, 0.4) is 0 Å². The lowest BCUT2D eigenvalue weighted by atomic mass is 10.1. The molecule has 0 atom stereocenters. The van der Waals surface area contributed by atoms with Crippen LogP contribution in [0.1, 0.15) is 22.3 Å². The Labute approximate surface area is 197 Å². The van der Waals surface area contributed by atoms with E-state index in [1.165, 1.54) is 12.1 Å². The average molecular weight is 463 g/mol. The van der Waals surface area contributed by atoms with E-state index < -0.39 is 11.8 Å². The van der Waals surface area contributed by atoms with Gasteiger partial charge in [-0.15, -0.1) is 0 Å². The van der Waals surface area contributed by atoms with E-state index in [0.717, 1.165) is 16.7 Å². The molecule has 0 saturated carbocycles. The van der Waals surface area contributed by atoms with Crippen LogP contribution in [0, 0.1) is 13.8 Å². The Bertz CT molecular complexity index is 1250. The molecule has 1 saturated heterocycles. The molecule has 1 aliphatic heterocycles. The minimum Gasteiger partial charge on any atom is -0.493 e. The van der Waals surface area contributed by atoms with Crippen molar-refractivity contribution in [1.29, 1.82) is 0 Å². The van der Waals surface area contributed by atoms with Gasteiger partial charge in [-0.3, -0.25) is 15.0 Å². The lowest BCUT2D eigenvalue weighted by Crippen LogP contribution is -2.35. The van der Waals surface area contributed by atoms with Crippen molar-refractivity contribution in [3.63, 3.8) is 0 Å². The molecule has 0 spiro atoms. The van der Waals surface area contributed by atoms with Gasteiger partial charge in [0.05, 0.1) is 12.8 Å². The molecule has 6 nitrogen and oxygen atoms in total. The van der Waals surface area contributed by atoms with Crippen molar-refractivity contribution < 1.29 is 19.1 Å². The Morgan fingerprint density at radius 1 is 0.939 bits per heavy atom. The number of halogens is 1. The number of nitrogens with zero attached hydrogens (tertiary/aromatic N) is 1. The number of nitrogens with one attached hydrogen (secondary N) is 1. The number of benzene rings is 3. The summed E-state index contributed by atoms with van der Waals surface area (Å²) in [6, 6.07) is 18.2. The number of anilines is 1. The Hall–Kier alpha value is -3.77. The molecule has 0 bridgehead atoms. The molecule has 0 aromatic heterocycles. The Morgan fingerprint density at radius 2 is 1.70 bits per heavy atom. The van der Waals surface area contributed by atoms with Crippen LogP contribution < -0.4 is 19.9 Å². The van der Waals surface area contributed by atoms with E-state index in [1.807, 2.05) is 38.1 Å². The Morgan fingerprint density at radius 3 is 2.39 bits per heavy atom. The fourth-order valence-electron chi connectivity index (χ4n) is 3.41. The second kappa shape index (κ2) is 9.38. The van der Waals surface area contributed by atoms with Crippen LogP contribution in [-0.4, -0.2) is 18.9 Å². The van der Waals surface area contributed by atoms with Crippen LogP contribution in [0.4, 0.5) is 5.69 Å². The second-order valence-electron chi connectivity index (χ2n) is 7.73. The summed E-state index contributed by atoms with van der Waals surface area (Å²) in [6.45, 7) is 4.30. The Balaban J connectivity index is 1.54. The molecule has 0 unspecified atom stereocenters. The number of ether oxygens (including phenoxy) is 2. The highest BCUT2D eigenvalue weighted by Gasteiger charge is 2.34. The van der Waals surface area contributed by atoms with Crippen molar-refractivity contribution in [2.45, 2.75) is 20.5 Å². The predicted molar refractivity (Wildman–Crippen MR) is 128 cm³/mol. The van der Waals surface area contributed by atoms with E-state index in [-0.39, 0.29) is 5.57 Å². The first-order chi connectivity index (χ1) is 15.9. The van der Waals surface area contributed by atoms with Gasteiger partial charge in [-0.25, -0.2) is 5.01 Å². The molecule has 3 aromatic carbocycles. The minimum absolute atomic E-state index is 0.0464. The molecular weight excluding hydrogens is 440 g/mol. The van der Waals surface area contributed by atoms with Crippen molar-refractivity contribution in [2.75, 3.05) is 12.1 Å². The zero-order valence-electron chi connectivity index (χ0n) is 18.5. The third-order valence-electron chi connectivity index (χ3n) is 5.45. The molecule has 1 fully saturated rings. The van der Waals surface area contributed by atoms with Crippen LogP contribution in [-0.2, 0) is 16.2 Å². The number of aryl methyl sites for hydroxylation is 2. The zero-order valence-corrected chi connectivity index (χ0v) is 19.3. The number of hydrogen-bond donors (Lipinski definition) is 1. The molecule has 4 rings (SSSR count). The SMILES string of the molecule is COc1cc(/C=C2\C(=O)NN(c3ccc(C)c(C)c3)C2=O)ccc1OCc1ccc(Cl)cc1. The fourth-order valence-corrected chi connectivity index (χ4v) is 3.53. The summed E-state index contributed by atoms with van der Waals surface area (Å²) in [6.07, 6.45) is 1.55. The maximum atomic E-state index is 12.9. The maximum Gasteiger partial charge on any atom is 0.282 e. The van der Waals surface area contributed by atoms with E-state index in [2.05, 4.69) is 5.43 Å². The minimum atomic E-state index is -0.458. The van der Waals surface area contributed by atoms with E-state index in [9.17, 15) is 9.59 Å². The summed E-state index contributed by atoms with van der Waals surface area (Å²) >= 11 is 5.92. The predicted octanol–water partition coefficient (Wildman–Crippen LogP) is 5.01. The highest BCUT2D eigenvalue weighted by molar-refractivity contribution is 6.31. The summed E-state index contributed by atoms with van der Waals surface area (Å²) in [7, 11) is 1.54. The highest BCUT2D eigenvalue weighted by atomic mass is 35.5. The van der Waals surface area contributed by atoms with E-state index >= 15 is 0 Å². The smallest absolute Gasteiger partial charge is 0.282 e. The van der Waals surface area contributed by atoms with Gasteiger partial charge in [0.25, 0.3) is 11.8 Å². The number of carbonyl (C=O) groups excluding carboxylic acids is 2. The van der Waals surface area contributed by atoms with Gasteiger partial charge in [0.2, 0.25) is 0 Å².